The molecule has 5 nitrogen and oxygen atoms in total. The van der Waals surface area contributed by atoms with E-state index < -0.39 is 22.2 Å². The summed E-state index contributed by atoms with van der Waals surface area (Å²) in [5, 5.41) is 0. The number of nitrogens with one attached hydrogen (secondary N) is 1. The second-order valence-corrected chi connectivity index (χ2v) is 6.83. The molecule has 0 aliphatic carbocycles. The number of nitrogens with zero attached hydrogens (tertiary/aromatic N) is 1. The third kappa shape index (κ3) is 3.79. The summed E-state index contributed by atoms with van der Waals surface area (Å²) in [6.45, 7) is 11.0. The quantitative estimate of drug-likeness (QED) is 0.840. The van der Waals surface area contributed by atoms with Crippen molar-refractivity contribution in [3.05, 3.63) is 38.7 Å². The Kier molecular flexibility index (Phi) is 4.22. The topological polar surface area (TPSA) is 71.9 Å². The number of carbonyl (C=O) groups excluding carboxylic acids is 1. The Morgan fingerprint density at radius 1 is 1.15 bits per heavy atom. The number of rotatable bonds is 2. The molecule has 0 radical (unpaired) electrons. The second kappa shape index (κ2) is 5.23. The first-order valence-electron chi connectivity index (χ1n) is 6.52. The van der Waals surface area contributed by atoms with Crippen molar-refractivity contribution in [2.24, 2.45) is 5.41 Å². The molecule has 0 saturated heterocycles. The van der Waals surface area contributed by atoms with Gasteiger partial charge in [0.25, 0.3) is 5.56 Å². The molecule has 20 heavy (non-hydrogen) atoms. The normalized spacial score (nSPS) is 12.9. The Morgan fingerprint density at radius 2 is 1.70 bits per heavy atom. The van der Waals surface area contributed by atoms with Crippen LogP contribution in [0.25, 0.3) is 6.08 Å². The molecule has 110 valence electrons. The largest absolute Gasteiger partial charge is 0.328 e. The van der Waals surface area contributed by atoms with Crippen LogP contribution in [0.5, 0.6) is 0 Å². The molecular formula is C15H22N2O3. The average Bonchev–Trinajstić information content (AvgIpc) is 2.24. The van der Waals surface area contributed by atoms with Gasteiger partial charge in [0.2, 0.25) is 0 Å². The number of aromatic nitrogens is 2. The molecule has 0 atom stereocenters. The van der Waals surface area contributed by atoms with Crippen LogP contribution in [0.15, 0.2) is 21.9 Å². The van der Waals surface area contributed by atoms with Crippen LogP contribution in [-0.4, -0.2) is 15.3 Å². The second-order valence-electron chi connectivity index (χ2n) is 6.83. The summed E-state index contributed by atoms with van der Waals surface area (Å²) in [5.41, 5.74) is -1.60. The Hall–Kier alpha value is -1.91. The summed E-state index contributed by atoms with van der Waals surface area (Å²) in [4.78, 5) is 37.6. The highest BCUT2D eigenvalue weighted by molar-refractivity contribution is 5.97. The van der Waals surface area contributed by atoms with Crippen LogP contribution in [0.1, 0.15) is 47.1 Å². The highest BCUT2D eigenvalue weighted by Crippen LogP contribution is 2.16. The van der Waals surface area contributed by atoms with Gasteiger partial charge in [-0.05, 0) is 32.9 Å². The zero-order valence-corrected chi connectivity index (χ0v) is 12.9. The zero-order chi connectivity index (χ0) is 15.7. The minimum absolute atomic E-state index is 0.0783. The number of hydrogen-bond donors (Lipinski definition) is 1. The van der Waals surface area contributed by atoms with Crippen molar-refractivity contribution in [1.29, 1.82) is 0 Å². The molecular weight excluding hydrogens is 256 g/mol. The first-order chi connectivity index (χ1) is 8.93. The molecule has 0 fully saturated rings. The van der Waals surface area contributed by atoms with Crippen LogP contribution in [0.2, 0.25) is 0 Å². The summed E-state index contributed by atoms with van der Waals surface area (Å²) < 4.78 is 1.44. The van der Waals surface area contributed by atoms with Crippen molar-refractivity contribution >= 4 is 11.9 Å². The van der Waals surface area contributed by atoms with E-state index in [0.29, 0.717) is 0 Å². The van der Waals surface area contributed by atoms with E-state index in [1.807, 2.05) is 20.8 Å². The minimum Gasteiger partial charge on any atom is -0.295 e. The molecule has 1 heterocycles. The first kappa shape index (κ1) is 16.1. The Balaban J connectivity index is 3.28. The maximum atomic E-state index is 11.8. The summed E-state index contributed by atoms with van der Waals surface area (Å²) in [5.74, 6) is -0.0783. The Bertz CT molecular complexity index is 649. The van der Waals surface area contributed by atoms with Crippen LogP contribution < -0.4 is 11.2 Å². The Labute approximate surface area is 118 Å². The lowest BCUT2D eigenvalue weighted by Crippen LogP contribution is -2.39. The number of H-pyrrole nitrogens is 1. The lowest BCUT2D eigenvalue weighted by atomic mass is 9.90. The number of carbonyl (C=O) groups is 1. The third-order valence-electron chi connectivity index (χ3n) is 2.85. The molecule has 0 bridgehead atoms. The third-order valence-corrected chi connectivity index (χ3v) is 2.85. The molecule has 0 amide bonds. The standard InChI is InChI=1S/C15H22N2O3/c1-14(2,3)11(18)8-7-10-9-17(15(4,5)6)13(20)16-12(10)19/h7-9H,1-6H3,(H,16,19,20)/b8-7+. The molecule has 0 saturated carbocycles. The maximum Gasteiger partial charge on any atom is 0.328 e. The van der Waals surface area contributed by atoms with Gasteiger partial charge in [-0.15, -0.1) is 0 Å². The molecule has 5 heteroatoms. The summed E-state index contributed by atoms with van der Waals surface area (Å²) in [6, 6.07) is 0. The predicted molar refractivity (Wildman–Crippen MR) is 79.8 cm³/mol. The predicted octanol–water partition coefficient (Wildman–Crippen LogP) is 1.92. The molecule has 1 aromatic rings. The van der Waals surface area contributed by atoms with Crippen LogP contribution in [0, 0.1) is 5.41 Å². The molecule has 1 N–H and O–H groups in total. The van der Waals surface area contributed by atoms with Crippen molar-refractivity contribution in [3.8, 4) is 0 Å². The highest BCUT2D eigenvalue weighted by atomic mass is 16.2. The van der Waals surface area contributed by atoms with E-state index in [4.69, 9.17) is 0 Å². The van der Waals surface area contributed by atoms with Crippen LogP contribution in [0.3, 0.4) is 0 Å². The van der Waals surface area contributed by atoms with E-state index in [-0.39, 0.29) is 11.3 Å². The molecule has 0 aliphatic heterocycles. The van der Waals surface area contributed by atoms with Crippen molar-refractivity contribution in [1.82, 2.24) is 9.55 Å². The number of allylic oxidation sites excluding steroid dienone is 1. The van der Waals surface area contributed by atoms with Gasteiger partial charge in [-0.3, -0.25) is 19.1 Å². The molecule has 0 unspecified atom stereocenters. The molecule has 0 spiro atoms. The van der Waals surface area contributed by atoms with Gasteiger partial charge in [-0.2, -0.15) is 0 Å². The zero-order valence-electron chi connectivity index (χ0n) is 12.9. The van der Waals surface area contributed by atoms with Gasteiger partial charge in [-0.1, -0.05) is 20.8 Å². The lowest BCUT2D eigenvalue weighted by Gasteiger charge is -2.21. The lowest BCUT2D eigenvalue weighted by molar-refractivity contribution is -0.121. The molecule has 0 aromatic carbocycles. The van der Waals surface area contributed by atoms with Crippen molar-refractivity contribution in [3.63, 3.8) is 0 Å². The van der Waals surface area contributed by atoms with Crippen molar-refractivity contribution in [2.75, 3.05) is 0 Å². The number of hydrogen-bond acceptors (Lipinski definition) is 3. The fourth-order valence-corrected chi connectivity index (χ4v) is 1.52. The van der Waals surface area contributed by atoms with Gasteiger partial charge in [-0.25, -0.2) is 4.79 Å². The summed E-state index contributed by atoms with van der Waals surface area (Å²) >= 11 is 0. The SMILES string of the molecule is CC(C)(C)C(=O)/C=C/c1cn(C(C)(C)C)c(=O)[nH]c1=O. The van der Waals surface area contributed by atoms with Crippen molar-refractivity contribution < 1.29 is 4.79 Å². The van der Waals surface area contributed by atoms with E-state index in [1.165, 1.54) is 22.9 Å². The molecule has 1 aromatic heterocycles. The van der Waals surface area contributed by atoms with E-state index in [9.17, 15) is 14.4 Å². The van der Waals surface area contributed by atoms with Gasteiger partial charge >= 0.3 is 5.69 Å². The van der Waals surface area contributed by atoms with Gasteiger partial charge in [0.05, 0.1) is 5.56 Å². The van der Waals surface area contributed by atoms with Gasteiger partial charge < -0.3 is 0 Å². The summed E-state index contributed by atoms with van der Waals surface area (Å²) in [7, 11) is 0. The average molecular weight is 278 g/mol. The van der Waals surface area contributed by atoms with Gasteiger partial charge in [0, 0.05) is 17.2 Å². The highest BCUT2D eigenvalue weighted by Gasteiger charge is 2.19. The van der Waals surface area contributed by atoms with Crippen molar-refractivity contribution in [2.45, 2.75) is 47.1 Å². The monoisotopic (exact) mass is 278 g/mol. The summed E-state index contributed by atoms with van der Waals surface area (Å²) in [6.07, 6.45) is 4.31. The molecule has 1 rings (SSSR count). The van der Waals surface area contributed by atoms with Gasteiger partial charge in [0.15, 0.2) is 5.78 Å². The fourth-order valence-electron chi connectivity index (χ4n) is 1.52. The van der Waals surface area contributed by atoms with Crippen LogP contribution in [0.4, 0.5) is 0 Å². The fraction of sp³-hybridized carbons (Fsp3) is 0.533. The maximum absolute atomic E-state index is 11.8. The van der Waals surface area contributed by atoms with E-state index in [0.717, 1.165) is 0 Å². The molecule has 0 aliphatic rings. The van der Waals surface area contributed by atoms with Gasteiger partial charge in [0.1, 0.15) is 0 Å². The Morgan fingerprint density at radius 3 is 2.15 bits per heavy atom. The first-order valence-corrected chi connectivity index (χ1v) is 6.52. The van der Waals surface area contributed by atoms with E-state index in [2.05, 4.69) is 4.98 Å². The number of aromatic amines is 1. The smallest absolute Gasteiger partial charge is 0.295 e. The van der Waals surface area contributed by atoms with Crippen LogP contribution >= 0.6 is 0 Å². The van der Waals surface area contributed by atoms with E-state index >= 15 is 0 Å². The van der Waals surface area contributed by atoms with Crippen LogP contribution in [-0.2, 0) is 10.3 Å². The number of ketones is 1. The van der Waals surface area contributed by atoms with E-state index in [1.54, 1.807) is 20.8 Å². The minimum atomic E-state index is -0.498.